The minimum atomic E-state index is -0.370. The molecule has 0 radical (unpaired) electrons. The molecule has 0 saturated heterocycles. The van der Waals surface area contributed by atoms with Crippen molar-refractivity contribution < 1.29 is 9.13 Å². The summed E-state index contributed by atoms with van der Waals surface area (Å²) in [6.07, 6.45) is 1.16. The van der Waals surface area contributed by atoms with Crippen molar-refractivity contribution in [2.75, 3.05) is 0 Å². The first-order chi connectivity index (χ1) is 10.0. The number of pyridine rings is 1. The van der Waals surface area contributed by atoms with Gasteiger partial charge in [0.15, 0.2) is 0 Å². The molecule has 5 heteroatoms. The lowest BCUT2D eigenvalue weighted by molar-refractivity contribution is 0.288. The Morgan fingerprint density at radius 3 is 2.86 bits per heavy atom. The van der Waals surface area contributed by atoms with Gasteiger partial charge in [0.1, 0.15) is 12.4 Å². The maximum absolute atomic E-state index is 13.3. The Morgan fingerprint density at radius 1 is 1.33 bits per heavy atom. The van der Waals surface area contributed by atoms with Crippen molar-refractivity contribution in [2.45, 2.75) is 33.0 Å². The predicted molar refractivity (Wildman–Crippen MR) is 82.0 cm³/mol. The fraction of sp³-hybridized carbons (Fsp3) is 0.312. The molecule has 1 aromatic carbocycles. The molecule has 0 aliphatic rings. The average molecular weight is 309 g/mol. The first kappa shape index (κ1) is 15.7. The molecule has 1 aromatic heterocycles. The van der Waals surface area contributed by atoms with E-state index in [-0.39, 0.29) is 5.82 Å². The van der Waals surface area contributed by atoms with Crippen molar-refractivity contribution in [1.29, 1.82) is 0 Å². The Balaban J connectivity index is 2.08. The Labute approximate surface area is 129 Å². The summed E-state index contributed by atoms with van der Waals surface area (Å²) in [4.78, 5) is 4.02. The molecule has 0 atom stereocenters. The summed E-state index contributed by atoms with van der Waals surface area (Å²) < 4.78 is 19.0. The van der Waals surface area contributed by atoms with E-state index in [2.05, 4.69) is 10.3 Å². The number of rotatable bonds is 6. The van der Waals surface area contributed by atoms with Gasteiger partial charge in [-0.3, -0.25) is 0 Å². The van der Waals surface area contributed by atoms with Gasteiger partial charge < -0.3 is 10.1 Å². The van der Waals surface area contributed by atoms with E-state index in [1.807, 2.05) is 32.0 Å². The Bertz CT molecular complexity index is 605. The van der Waals surface area contributed by atoms with Crippen molar-refractivity contribution in [3.05, 3.63) is 58.5 Å². The maximum Gasteiger partial charge on any atom is 0.218 e. The second kappa shape index (κ2) is 7.38. The van der Waals surface area contributed by atoms with E-state index in [1.165, 1.54) is 6.07 Å². The number of nitrogens with zero attached hydrogens (tertiary/aromatic N) is 1. The third-order valence-corrected chi connectivity index (χ3v) is 3.09. The monoisotopic (exact) mass is 308 g/mol. The summed E-state index contributed by atoms with van der Waals surface area (Å²) in [6.45, 7) is 4.90. The van der Waals surface area contributed by atoms with E-state index in [0.717, 1.165) is 11.8 Å². The molecule has 0 fully saturated rings. The standard InChI is InChI=1S/C16H18ClFN2O/c1-11(2)19-8-13-7-15(18)9-20-16(13)21-10-12-4-3-5-14(17)6-12/h3-7,9,11,19H,8,10H2,1-2H3. The lowest BCUT2D eigenvalue weighted by Gasteiger charge is -2.13. The van der Waals surface area contributed by atoms with Crippen LogP contribution in [0.5, 0.6) is 5.88 Å². The van der Waals surface area contributed by atoms with Gasteiger partial charge in [0.25, 0.3) is 0 Å². The molecule has 2 rings (SSSR count). The zero-order valence-electron chi connectivity index (χ0n) is 12.1. The predicted octanol–water partition coefficient (Wildman–Crippen LogP) is 3.95. The molecule has 0 unspecified atom stereocenters. The first-order valence-corrected chi connectivity index (χ1v) is 7.17. The van der Waals surface area contributed by atoms with Crippen LogP contribution in [0.4, 0.5) is 4.39 Å². The van der Waals surface area contributed by atoms with E-state index in [0.29, 0.717) is 35.7 Å². The van der Waals surface area contributed by atoms with Gasteiger partial charge in [-0.15, -0.1) is 0 Å². The summed E-state index contributed by atoms with van der Waals surface area (Å²) in [6, 6.07) is 9.15. The van der Waals surface area contributed by atoms with Crippen LogP contribution in [0.1, 0.15) is 25.0 Å². The highest BCUT2D eigenvalue weighted by Gasteiger charge is 2.08. The molecule has 0 spiro atoms. The number of nitrogens with one attached hydrogen (secondary N) is 1. The summed E-state index contributed by atoms with van der Waals surface area (Å²) in [5.41, 5.74) is 1.64. The fourth-order valence-electron chi connectivity index (χ4n) is 1.82. The molecule has 0 amide bonds. The van der Waals surface area contributed by atoms with Crippen LogP contribution in [0, 0.1) is 5.82 Å². The van der Waals surface area contributed by atoms with Crippen LogP contribution in [0.2, 0.25) is 5.02 Å². The van der Waals surface area contributed by atoms with Crippen LogP contribution in [-0.4, -0.2) is 11.0 Å². The SMILES string of the molecule is CC(C)NCc1cc(F)cnc1OCc1cccc(Cl)c1. The number of ether oxygens (including phenoxy) is 1. The number of hydrogen-bond acceptors (Lipinski definition) is 3. The molecular formula is C16H18ClFN2O. The molecule has 112 valence electrons. The molecule has 1 N–H and O–H groups in total. The normalized spacial score (nSPS) is 10.9. The van der Waals surface area contributed by atoms with E-state index in [9.17, 15) is 4.39 Å². The minimum Gasteiger partial charge on any atom is -0.473 e. The molecule has 1 heterocycles. The van der Waals surface area contributed by atoms with Crippen LogP contribution in [0.3, 0.4) is 0 Å². The summed E-state index contributed by atoms with van der Waals surface area (Å²) in [5.74, 6) is 0.0650. The van der Waals surface area contributed by atoms with Gasteiger partial charge in [0.2, 0.25) is 5.88 Å². The zero-order valence-corrected chi connectivity index (χ0v) is 12.8. The van der Waals surface area contributed by atoms with Crippen molar-refractivity contribution in [2.24, 2.45) is 0 Å². The van der Waals surface area contributed by atoms with Gasteiger partial charge >= 0.3 is 0 Å². The molecule has 0 aliphatic heterocycles. The highest BCUT2D eigenvalue weighted by molar-refractivity contribution is 6.30. The van der Waals surface area contributed by atoms with Crippen LogP contribution < -0.4 is 10.1 Å². The maximum atomic E-state index is 13.3. The summed E-state index contributed by atoms with van der Waals surface area (Å²) in [7, 11) is 0. The van der Waals surface area contributed by atoms with Gasteiger partial charge in [-0.25, -0.2) is 9.37 Å². The third kappa shape index (κ3) is 4.99. The summed E-state index contributed by atoms with van der Waals surface area (Å²) in [5, 5.41) is 3.89. The van der Waals surface area contributed by atoms with Gasteiger partial charge in [-0.2, -0.15) is 0 Å². The van der Waals surface area contributed by atoms with Crippen LogP contribution in [0.15, 0.2) is 36.5 Å². The minimum absolute atomic E-state index is 0.300. The first-order valence-electron chi connectivity index (χ1n) is 6.79. The van der Waals surface area contributed by atoms with E-state index >= 15 is 0 Å². The fourth-order valence-corrected chi connectivity index (χ4v) is 2.03. The largest absolute Gasteiger partial charge is 0.473 e. The van der Waals surface area contributed by atoms with Crippen molar-refractivity contribution >= 4 is 11.6 Å². The Hall–Kier alpha value is -1.65. The van der Waals surface area contributed by atoms with Crippen LogP contribution in [0.25, 0.3) is 0 Å². The van der Waals surface area contributed by atoms with E-state index in [1.54, 1.807) is 6.07 Å². The van der Waals surface area contributed by atoms with Crippen LogP contribution >= 0.6 is 11.6 Å². The van der Waals surface area contributed by atoms with E-state index in [4.69, 9.17) is 16.3 Å². The molecule has 2 aromatic rings. The number of halogens is 2. The second-order valence-electron chi connectivity index (χ2n) is 5.07. The Morgan fingerprint density at radius 2 is 2.14 bits per heavy atom. The highest BCUT2D eigenvalue weighted by atomic mass is 35.5. The van der Waals surface area contributed by atoms with Gasteiger partial charge in [0, 0.05) is 23.2 Å². The number of hydrogen-bond donors (Lipinski definition) is 1. The second-order valence-corrected chi connectivity index (χ2v) is 5.51. The smallest absolute Gasteiger partial charge is 0.218 e. The van der Waals surface area contributed by atoms with Gasteiger partial charge in [-0.05, 0) is 23.8 Å². The third-order valence-electron chi connectivity index (χ3n) is 2.86. The van der Waals surface area contributed by atoms with E-state index < -0.39 is 0 Å². The lowest BCUT2D eigenvalue weighted by atomic mass is 10.2. The molecule has 0 bridgehead atoms. The average Bonchev–Trinajstić information content (AvgIpc) is 2.44. The van der Waals surface area contributed by atoms with Crippen molar-refractivity contribution in [1.82, 2.24) is 10.3 Å². The Kier molecular flexibility index (Phi) is 5.53. The quantitative estimate of drug-likeness (QED) is 0.877. The molecule has 0 saturated carbocycles. The topological polar surface area (TPSA) is 34.2 Å². The summed E-state index contributed by atoms with van der Waals surface area (Å²) >= 11 is 5.93. The molecule has 21 heavy (non-hydrogen) atoms. The number of aromatic nitrogens is 1. The van der Waals surface area contributed by atoms with Gasteiger partial charge in [-0.1, -0.05) is 37.6 Å². The molecule has 0 aliphatic carbocycles. The lowest BCUT2D eigenvalue weighted by Crippen LogP contribution is -2.22. The van der Waals surface area contributed by atoms with Crippen molar-refractivity contribution in [3.8, 4) is 5.88 Å². The zero-order chi connectivity index (χ0) is 15.2. The van der Waals surface area contributed by atoms with Crippen LogP contribution in [-0.2, 0) is 13.2 Å². The molecule has 3 nitrogen and oxygen atoms in total. The number of benzene rings is 1. The highest BCUT2D eigenvalue weighted by Crippen LogP contribution is 2.19. The van der Waals surface area contributed by atoms with Gasteiger partial charge in [0.05, 0.1) is 6.20 Å². The molecular weight excluding hydrogens is 291 g/mol. The van der Waals surface area contributed by atoms with Crippen molar-refractivity contribution in [3.63, 3.8) is 0 Å².